The van der Waals surface area contributed by atoms with E-state index in [1.807, 2.05) is 42.2 Å². The van der Waals surface area contributed by atoms with Crippen LogP contribution in [0, 0.1) is 5.82 Å². The molecule has 1 amide bonds. The highest BCUT2D eigenvalue weighted by atomic mass is 19.1. The van der Waals surface area contributed by atoms with Crippen LogP contribution in [0.25, 0.3) is 0 Å². The van der Waals surface area contributed by atoms with Crippen LogP contribution in [0.3, 0.4) is 0 Å². The number of hydrogen-bond acceptors (Lipinski definition) is 2. The van der Waals surface area contributed by atoms with Gasteiger partial charge in [-0.15, -0.1) is 0 Å². The third kappa shape index (κ3) is 4.92. The number of benzene rings is 2. The predicted molar refractivity (Wildman–Crippen MR) is 104 cm³/mol. The minimum Gasteiger partial charge on any atom is -0.309 e. The largest absolute Gasteiger partial charge is 0.309 e. The van der Waals surface area contributed by atoms with Crippen molar-refractivity contribution < 1.29 is 13.6 Å². The molecule has 3 nitrogen and oxygen atoms in total. The summed E-state index contributed by atoms with van der Waals surface area (Å²) in [6.07, 6.45) is 0.855. The van der Waals surface area contributed by atoms with Crippen molar-refractivity contribution in [3.8, 4) is 0 Å². The lowest BCUT2D eigenvalue weighted by molar-refractivity contribution is -0.119. The Kier molecular flexibility index (Phi) is 6.56. The van der Waals surface area contributed by atoms with Crippen LogP contribution >= 0.6 is 0 Å². The molecule has 1 aliphatic rings. The van der Waals surface area contributed by atoms with Crippen molar-refractivity contribution >= 4 is 11.6 Å². The molecule has 0 radical (unpaired) electrons. The average Bonchev–Trinajstić information content (AvgIpc) is 2.70. The number of hydrogen-bond donors (Lipinski definition) is 0. The van der Waals surface area contributed by atoms with E-state index in [-0.39, 0.29) is 18.5 Å². The molecule has 1 aliphatic heterocycles. The minimum atomic E-state index is -1.21. The van der Waals surface area contributed by atoms with Crippen LogP contribution < -0.4 is 4.90 Å². The van der Waals surface area contributed by atoms with Crippen molar-refractivity contribution in [3.05, 3.63) is 66.0 Å². The van der Waals surface area contributed by atoms with Gasteiger partial charge in [0, 0.05) is 37.8 Å². The molecular weight excluding hydrogens is 346 g/mol. The molecule has 0 aliphatic carbocycles. The number of rotatable bonds is 6. The third-order valence-corrected chi connectivity index (χ3v) is 5.16. The summed E-state index contributed by atoms with van der Waals surface area (Å²) in [5.41, 5.74) is 1.30. The Bertz CT molecular complexity index is 745. The molecular formula is C22H26F2N2O. The van der Waals surface area contributed by atoms with Crippen LogP contribution in [0.15, 0.2) is 54.6 Å². The second-order valence-corrected chi connectivity index (χ2v) is 7.01. The summed E-state index contributed by atoms with van der Waals surface area (Å²) < 4.78 is 27.8. The lowest BCUT2D eigenvalue weighted by Gasteiger charge is -2.39. The van der Waals surface area contributed by atoms with Gasteiger partial charge in [-0.3, -0.25) is 9.69 Å². The molecule has 0 N–H and O–H groups in total. The standard InChI is InChI=1S/C22H26F2N2O/c1-2-22(27)26(19-9-4-3-5-10-19)20-11-13-25(14-12-20)16-21(24)17-7-6-8-18(23)15-17/h3-10,15,20-21H,2,11-14,16H2,1H3. The van der Waals surface area contributed by atoms with E-state index in [1.165, 1.54) is 18.2 Å². The molecule has 27 heavy (non-hydrogen) atoms. The smallest absolute Gasteiger partial charge is 0.226 e. The van der Waals surface area contributed by atoms with Crippen LogP contribution in [0.2, 0.25) is 0 Å². The van der Waals surface area contributed by atoms with E-state index >= 15 is 0 Å². The SMILES string of the molecule is CCC(=O)N(c1ccccc1)C1CCN(CC(F)c2cccc(F)c2)CC1. The number of carbonyl (C=O) groups is 1. The fourth-order valence-corrected chi connectivity index (χ4v) is 3.71. The van der Waals surface area contributed by atoms with Crippen molar-refractivity contribution in [1.82, 2.24) is 4.90 Å². The summed E-state index contributed by atoms with van der Waals surface area (Å²) in [5.74, 6) is -0.298. The molecule has 1 unspecified atom stereocenters. The van der Waals surface area contributed by atoms with E-state index in [2.05, 4.69) is 4.90 Å². The number of anilines is 1. The van der Waals surface area contributed by atoms with Gasteiger partial charge in [-0.25, -0.2) is 8.78 Å². The second kappa shape index (κ2) is 9.09. The zero-order valence-corrected chi connectivity index (χ0v) is 15.7. The van der Waals surface area contributed by atoms with E-state index in [0.717, 1.165) is 31.6 Å². The van der Waals surface area contributed by atoms with E-state index < -0.39 is 12.0 Å². The zero-order valence-electron chi connectivity index (χ0n) is 15.7. The molecule has 0 aromatic heterocycles. The van der Waals surface area contributed by atoms with Gasteiger partial charge in [0.25, 0.3) is 0 Å². The van der Waals surface area contributed by atoms with E-state index in [4.69, 9.17) is 0 Å². The lowest BCUT2D eigenvalue weighted by Crippen LogP contribution is -2.48. The fraction of sp³-hybridized carbons (Fsp3) is 0.409. The molecule has 1 fully saturated rings. The summed E-state index contributed by atoms with van der Waals surface area (Å²) in [4.78, 5) is 16.5. The van der Waals surface area contributed by atoms with Gasteiger partial charge in [0.1, 0.15) is 12.0 Å². The number of alkyl halides is 1. The Morgan fingerprint density at radius 2 is 1.85 bits per heavy atom. The van der Waals surface area contributed by atoms with E-state index in [9.17, 15) is 13.6 Å². The number of halogens is 2. The van der Waals surface area contributed by atoms with Crippen molar-refractivity contribution in [3.63, 3.8) is 0 Å². The number of nitrogens with zero attached hydrogens (tertiary/aromatic N) is 2. The molecule has 1 atom stereocenters. The molecule has 2 aromatic rings. The molecule has 0 spiro atoms. The highest BCUT2D eigenvalue weighted by molar-refractivity contribution is 5.93. The molecule has 0 bridgehead atoms. The normalized spacial score (nSPS) is 16.9. The van der Waals surface area contributed by atoms with Crippen LogP contribution in [0.4, 0.5) is 14.5 Å². The Hall–Kier alpha value is -2.27. The zero-order chi connectivity index (χ0) is 19.2. The first-order valence-corrected chi connectivity index (χ1v) is 9.57. The van der Waals surface area contributed by atoms with Crippen LogP contribution in [-0.2, 0) is 4.79 Å². The maximum absolute atomic E-state index is 14.5. The maximum Gasteiger partial charge on any atom is 0.226 e. The molecule has 5 heteroatoms. The first-order valence-electron chi connectivity index (χ1n) is 9.57. The number of piperidine rings is 1. The lowest BCUT2D eigenvalue weighted by atomic mass is 10.0. The Morgan fingerprint density at radius 1 is 1.15 bits per heavy atom. The quantitative estimate of drug-likeness (QED) is 0.731. The molecule has 0 saturated carbocycles. The van der Waals surface area contributed by atoms with Crippen molar-refractivity contribution in [1.29, 1.82) is 0 Å². The monoisotopic (exact) mass is 372 g/mol. The molecule has 2 aromatic carbocycles. The van der Waals surface area contributed by atoms with E-state index in [1.54, 1.807) is 6.07 Å². The Balaban J connectivity index is 1.61. The van der Waals surface area contributed by atoms with Crippen LogP contribution in [0.1, 0.15) is 37.9 Å². The Morgan fingerprint density at radius 3 is 2.48 bits per heavy atom. The number of amides is 1. The van der Waals surface area contributed by atoms with Gasteiger partial charge in [-0.1, -0.05) is 37.3 Å². The summed E-state index contributed by atoms with van der Waals surface area (Å²) in [7, 11) is 0. The first kappa shape index (κ1) is 19.5. The molecule has 144 valence electrons. The van der Waals surface area contributed by atoms with Gasteiger partial charge in [0.15, 0.2) is 0 Å². The number of carbonyl (C=O) groups excluding carboxylic acids is 1. The fourth-order valence-electron chi connectivity index (χ4n) is 3.71. The van der Waals surface area contributed by atoms with Crippen molar-refractivity contribution in [2.45, 2.75) is 38.4 Å². The van der Waals surface area contributed by atoms with Gasteiger partial charge >= 0.3 is 0 Å². The average molecular weight is 372 g/mol. The summed E-state index contributed by atoms with van der Waals surface area (Å²) >= 11 is 0. The summed E-state index contributed by atoms with van der Waals surface area (Å²) in [6.45, 7) is 3.57. The van der Waals surface area contributed by atoms with Gasteiger partial charge in [0.2, 0.25) is 5.91 Å². The second-order valence-electron chi connectivity index (χ2n) is 7.01. The molecule has 3 rings (SSSR count). The minimum absolute atomic E-state index is 0.114. The predicted octanol–water partition coefficient (Wildman–Crippen LogP) is 4.74. The maximum atomic E-state index is 14.5. The molecule has 1 saturated heterocycles. The topological polar surface area (TPSA) is 23.6 Å². The van der Waals surface area contributed by atoms with Gasteiger partial charge in [-0.05, 0) is 42.7 Å². The first-order chi connectivity index (χ1) is 13.1. The highest BCUT2D eigenvalue weighted by Gasteiger charge is 2.29. The summed E-state index contributed by atoms with van der Waals surface area (Å²) in [5, 5.41) is 0. The third-order valence-electron chi connectivity index (χ3n) is 5.16. The number of para-hydroxylation sites is 1. The van der Waals surface area contributed by atoms with Crippen molar-refractivity contribution in [2.24, 2.45) is 0 Å². The van der Waals surface area contributed by atoms with Gasteiger partial charge in [0.05, 0.1) is 0 Å². The van der Waals surface area contributed by atoms with Gasteiger partial charge in [-0.2, -0.15) is 0 Å². The number of likely N-dealkylation sites (tertiary alicyclic amines) is 1. The van der Waals surface area contributed by atoms with E-state index in [0.29, 0.717) is 12.0 Å². The van der Waals surface area contributed by atoms with Crippen molar-refractivity contribution in [2.75, 3.05) is 24.5 Å². The van der Waals surface area contributed by atoms with Crippen LogP contribution in [0.5, 0.6) is 0 Å². The summed E-state index contributed by atoms with van der Waals surface area (Å²) in [6, 6.07) is 15.6. The molecule has 1 heterocycles. The highest BCUT2D eigenvalue weighted by Crippen LogP contribution is 2.26. The van der Waals surface area contributed by atoms with Crippen LogP contribution in [-0.4, -0.2) is 36.5 Å². The van der Waals surface area contributed by atoms with Gasteiger partial charge < -0.3 is 4.90 Å². The Labute approximate surface area is 159 Å².